The van der Waals surface area contributed by atoms with Crippen molar-refractivity contribution in [2.24, 2.45) is 7.05 Å². The maximum Gasteiger partial charge on any atom is 0.145 e. The van der Waals surface area contributed by atoms with E-state index in [4.69, 9.17) is 16.6 Å². The molecule has 0 aromatic carbocycles. The smallest absolute Gasteiger partial charge is 0.145 e. The van der Waals surface area contributed by atoms with Gasteiger partial charge in [-0.1, -0.05) is 0 Å². The van der Waals surface area contributed by atoms with Crippen molar-refractivity contribution in [1.82, 2.24) is 15.1 Å². The molecular weight excluding hydrogens is 170 g/mol. The Morgan fingerprint density at radius 3 is 2.62 bits per heavy atom. The molecule has 1 atom stereocenters. The molecule has 0 saturated heterocycles. The summed E-state index contributed by atoms with van der Waals surface area (Å²) >= 11 is 0. The van der Waals surface area contributed by atoms with Crippen LogP contribution in [0.25, 0.3) is 0 Å². The maximum absolute atomic E-state index is 8.96. The lowest BCUT2D eigenvalue weighted by Gasteiger charge is -2.04. The highest BCUT2D eigenvalue weighted by molar-refractivity contribution is 5.61. The number of nitrogens with one attached hydrogen (secondary N) is 1. The van der Waals surface area contributed by atoms with Gasteiger partial charge in [-0.05, 0) is 6.92 Å². The lowest BCUT2D eigenvalue weighted by Crippen LogP contribution is -2.25. The molecule has 0 fully saturated rings. The van der Waals surface area contributed by atoms with Gasteiger partial charge < -0.3 is 16.6 Å². The molecule has 1 aromatic rings. The molecule has 0 amide bonds. The van der Waals surface area contributed by atoms with Crippen LogP contribution in [0.3, 0.4) is 0 Å². The first-order chi connectivity index (χ1) is 6.02. The fourth-order valence-electron chi connectivity index (χ4n) is 0.986. The van der Waals surface area contributed by atoms with E-state index in [1.807, 2.05) is 0 Å². The van der Waals surface area contributed by atoms with Crippen LogP contribution < -0.4 is 16.8 Å². The van der Waals surface area contributed by atoms with Crippen LogP contribution in [0.5, 0.6) is 0 Å². The first kappa shape index (κ1) is 9.82. The molecule has 74 valence electrons. The summed E-state index contributed by atoms with van der Waals surface area (Å²) in [7, 11) is 1.72. The number of nitrogens with two attached hydrogens (primary N) is 2. The molecule has 6 N–H and O–H groups in total. The van der Waals surface area contributed by atoms with Crippen molar-refractivity contribution in [3.8, 4) is 0 Å². The van der Waals surface area contributed by atoms with Crippen molar-refractivity contribution in [3.63, 3.8) is 0 Å². The van der Waals surface area contributed by atoms with Crippen LogP contribution in [-0.2, 0) is 13.6 Å². The van der Waals surface area contributed by atoms with E-state index in [9.17, 15) is 0 Å². The minimum atomic E-state index is -0.581. The molecule has 1 aromatic heterocycles. The van der Waals surface area contributed by atoms with Gasteiger partial charge >= 0.3 is 0 Å². The monoisotopic (exact) mass is 185 g/mol. The van der Waals surface area contributed by atoms with Crippen LogP contribution in [0.4, 0.5) is 11.5 Å². The highest BCUT2D eigenvalue weighted by atomic mass is 16.3. The first-order valence-corrected chi connectivity index (χ1v) is 4.00. The minimum absolute atomic E-state index is 0.411. The van der Waals surface area contributed by atoms with Gasteiger partial charge in [-0.25, -0.2) is 0 Å². The lowest BCUT2D eigenvalue weighted by atomic mass is 10.3. The van der Waals surface area contributed by atoms with E-state index >= 15 is 0 Å². The predicted molar refractivity (Wildman–Crippen MR) is 50.6 cm³/mol. The third-order valence-corrected chi connectivity index (χ3v) is 1.77. The standard InChI is InChI=1S/C7H15N5O/c1-4(13)10-3-5-6(8)7(9)12(2)11-5/h4,10,13H,3,8-9H2,1-2H3. The Kier molecular flexibility index (Phi) is 2.74. The van der Waals surface area contributed by atoms with Crippen molar-refractivity contribution in [2.75, 3.05) is 11.5 Å². The summed E-state index contributed by atoms with van der Waals surface area (Å²) < 4.78 is 1.51. The Morgan fingerprint density at radius 2 is 2.23 bits per heavy atom. The molecule has 0 aliphatic heterocycles. The minimum Gasteiger partial charge on any atom is -0.394 e. The molecule has 0 radical (unpaired) electrons. The molecule has 13 heavy (non-hydrogen) atoms. The van der Waals surface area contributed by atoms with Crippen LogP contribution in [0, 0.1) is 0 Å². The Balaban J connectivity index is 2.72. The zero-order chi connectivity index (χ0) is 10.0. The van der Waals surface area contributed by atoms with Crippen molar-refractivity contribution in [3.05, 3.63) is 5.69 Å². The highest BCUT2D eigenvalue weighted by Gasteiger charge is 2.09. The normalized spacial score (nSPS) is 13.2. The van der Waals surface area contributed by atoms with E-state index in [2.05, 4.69) is 10.4 Å². The Bertz CT molecular complexity index is 293. The van der Waals surface area contributed by atoms with Crippen molar-refractivity contribution >= 4 is 11.5 Å². The van der Waals surface area contributed by atoms with Crippen LogP contribution in [-0.4, -0.2) is 21.1 Å². The zero-order valence-corrected chi connectivity index (χ0v) is 7.78. The van der Waals surface area contributed by atoms with E-state index in [0.29, 0.717) is 23.7 Å². The maximum atomic E-state index is 8.96. The van der Waals surface area contributed by atoms with Crippen LogP contribution in [0.2, 0.25) is 0 Å². The van der Waals surface area contributed by atoms with Crippen molar-refractivity contribution < 1.29 is 5.11 Å². The number of hydrogen-bond acceptors (Lipinski definition) is 5. The molecule has 0 aliphatic rings. The van der Waals surface area contributed by atoms with Gasteiger partial charge in [-0.3, -0.25) is 10.00 Å². The Labute approximate surface area is 76.5 Å². The molecule has 1 heterocycles. The number of nitrogen functional groups attached to an aromatic ring is 2. The van der Waals surface area contributed by atoms with Crippen molar-refractivity contribution in [1.29, 1.82) is 0 Å². The molecular formula is C7H15N5O. The molecule has 0 aliphatic carbocycles. The summed E-state index contributed by atoms with van der Waals surface area (Å²) in [5.74, 6) is 0.447. The summed E-state index contributed by atoms with van der Waals surface area (Å²) in [4.78, 5) is 0. The Morgan fingerprint density at radius 1 is 1.62 bits per heavy atom. The largest absolute Gasteiger partial charge is 0.394 e. The summed E-state index contributed by atoms with van der Waals surface area (Å²) in [5.41, 5.74) is 12.4. The number of hydrogen-bond donors (Lipinski definition) is 4. The summed E-state index contributed by atoms with van der Waals surface area (Å²) in [5, 5.41) is 15.8. The first-order valence-electron chi connectivity index (χ1n) is 4.00. The van der Waals surface area contributed by atoms with Crippen LogP contribution in [0.15, 0.2) is 0 Å². The topological polar surface area (TPSA) is 102 Å². The van der Waals surface area contributed by atoms with Gasteiger partial charge in [0.15, 0.2) is 0 Å². The zero-order valence-electron chi connectivity index (χ0n) is 7.78. The molecule has 1 rings (SSSR count). The number of aliphatic hydroxyl groups excluding tert-OH is 1. The molecule has 0 bridgehead atoms. The number of rotatable bonds is 3. The number of aromatic nitrogens is 2. The fourth-order valence-corrected chi connectivity index (χ4v) is 0.986. The van der Waals surface area contributed by atoms with E-state index in [0.717, 1.165) is 0 Å². The molecule has 0 saturated carbocycles. The Hall–Kier alpha value is -1.27. The summed E-state index contributed by atoms with van der Waals surface area (Å²) in [6, 6.07) is 0. The van der Waals surface area contributed by atoms with E-state index in [-0.39, 0.29) is 0 Å². The fraction of sp³-hybridized carbons (Fsp3) is 0.571. The van der Waals surface area contributed by atoms with Gasteiger partial charge in [0.1, 0.15) is 17.7 Å². The van der Waals surface area contributed by atoms with Crippen molar-refractivity contribution in [2.45, 2.75) is 19.7 Å². The van der Waals surface area contributed by atoms with Crippen LogP contribution >= 0.6 is 0 Å². The van der Waals surface area contributed by atoms with Gasteiger partial charge in [-0.2, -0.15) is 5.10 Å². The molecule has 6 heteroatoms. The second kappa shape index (κ2) is 3.63. The van der Waals surface area contributed by atoms with Gasteiger partial charge in [0.05, 0.1) is 5.69 Å². The number of aryl methyl sites for hydroxylation is 1. The van der Waals surface area contributed by atoms with Gasteiger partial charge in [0, 0.05) is 13.6 Å². The third kappa shape index (κ3) is 2.10. The van der Waals surface area contributed by atoms with Gasteiger partial charge in [-0.15, -0.1) is 0 Å². The average molecular weight is 185 g/mol. The third-order valence-electron chi connectivity index (χ3n) is 1.77. The van der Waals surface area contributed by atoms with Crippen LogP contribution in [0.1, 0.15) is 12.6 Å². The average Bonchev–Trinajstić information content (AvgIpc) is 2.29. The quantitative estimate of drug-likeness (QED) is 0.453. The number of aliphatic hydroxyl groups is 1. The van der Waals surface area contributed by atoms with E-state index in [1.54, 1.807) is 14.0 Å². The number of anilines is 2. The van der Waals surface area contributed by atoms with E-state index in [1.165, 1.54) is 4.68 Å². The molecule has 0 spiro atoms. The molecule has 1 unspecified atom stereocenters. The molecule has 6 nitrogen and oxygen atoms in total. The SMILES string of the molecule is CC(O)NCc1nn(C)c(N)c1N. The second-order valence-corrected chi connectivity index (χ2v) is 2.93. The van der Waals surface area contributed by atoms with E-state index < -0.39 is 6.23 Å². The van der Waals surface area contributed by atoms with Gasteiger partial charge in [0.2, 0.25) is 0 Å². The van der Waals surface area contributed by atoms with Gasteiger partial charge in [0.25, 0.3) is 0 Å². The lowest BCUT2D eigenvalue weighted by molar-refractivity contribution is 0.154. The summed E-state index contributed by atoms with van der Waals surface area (Å²) in [6.07, 6.45) is -0.581. The predicted octanol–water partition coefficient (Wildman–Crippen LogP) is -0.988. The second-order valence-electron chi connectivity index (χ2n) is 2.93. The summed E-state index contributed by atoms with van der Waals surface area (Å²) in [6.45, 7) is 2.04. The number of nitrogens with zero attached hydrogens (tertiary/aromatic N) is 2. The highest BCUT2D eigenvalue weighted by Crippen LogP contribution is 2.17.